The molecule has 1 fully saturated rings. The van der Waals surface area contributed by atoms with Crippen molar-refractivity contribution in [2.24, 2.45) is 5.92 Å². The number of benzene rings is 2. The highest BCUT2D eigenvalue weighted by molar-refractivity contribution is 6.02. The van der Waals surface area contributed by atoms with Crippen LogP contribution in [0, 0.1) is 12.8 Å². The molecule has 1 aliphatic carbocycles. The Bertz CT molecular complexity index is 1110. The van der Waals surface area contributed by atoms with Crippen LogP contribution >= 0.6 is 0 Å². The second kappa shape index (κ2) is 10.9. The van der Waals surface area contributed by atoms with Crippen molar-refractivity contribution in [2.75, 3.05) is 31.2 Å². The molecule has 2 amide bonds. The van der Waals surface area contributed by atoms with Crippen molar-refractivity contribution < 1.29 is 23.9 Å². The molecule has 7 heteroatoms. The third-order valence-electron chi connectivity index (χ3n) is 6.40. The van der Waals surface area contributed by atoms with Gasteiger partial charge < -0.3 is 19.7 Å². The average Bonchev–Trinajstić information content (AvgIpc) is 3.66. The Balaban J connectivity index is 1.38. The minimum absolute atomic E-state index is 0.00989. The average molecular weight is 479 g/mol. The summed E-state index contributed by atoms with van der Waals surface area (Å²) in [6.45, 7) is 7.22. The fourth-order valence-corrected chi connectivity index (χ4v) is 4.11. The molecule has 0 saturated heterocycles. The van der Waals surface area contributed by atoms with Crippen LogP contribution in [0.4, 0.5) is 5.69 Å². The SMILES string of the molecule is Cc1cc(OCC(=O)c2ccc3c(c2)N(CCCC(=O)NCC2CC2)C(=O)CO3)cc(C(C)C)c1. The number of hydrogen-bond donors (Lipinski definition) is 1. The molecular formula is C28H34N2O5. The number of fused-ring (bicyclic) bond motifs is 1. The molecule has 2 aromatic carbocycles. The third kappa shape index (κ3) is 6.62. The van der Waals surface area contributed by atoms with E-state index in [0.29, 0.717) is 54.0 Å². The smallest absolute Gasteiger partial charge is 0.265 e. The van der Waals surface area contributed by atoms with Gasteiger partial charge in [0.15, 0.2) is 19.0 Å². The van der Waals surface area contributed by atoms with Crippen LogP contribution in [0.25, 0.3) is 0 Å². The molecule has 4 rings (SSSR count). The summed E-state index contributed by atoms with van der Waals surface area (Å²) in [5, 5.41) is 2.95. The normalized spacial score (nSPS) is 15.0. The fraction of sp³-hybridized carbons (Fsp3) is 0.464. The summed E-state index contributed by atoms with van der Waals surface area (Å²) < 4.78 is 11.4. The van der Waals surface area contributed by atoms with Gasteiger partial charge >= 0.3 is 0 Å². The predicted molar refractivity (Wildman–Crippen MR) is 134 cm³/mol. The number of anilines is 1. The molecule has 0 bridgehead atoms. The number of ether oxygens (including phenoxy) is 2. The van der Waals surface area contributed by atoms with Crippen molar-refractivity contribution in [3.8, 4) is 11.5 Å². The maximum Gasteiger partial charge on any atom is 0.265 e. The third-order valence-corrected chi connectivity index (χ3v) is 6.40. The molecule has 0 radical (unpaired) electrons. The number of amides is 2. The molecule has 1 saturated carbocycles. The Morgan fingerprint density at radius 3 is 2.71 bits per heavy atom. The maximum atomic E-state index is 12.9. The molecule has 1 N–H and O–H groups in total. The van der Waals surface area contributed by atoms with E-state index in [-0.39, 0.29) is 30.8 Å². The van der Waals surface area contributed by atoms with E-state index in [4.69, 9.17) is 9.47 Å². The van der Waals surface area contributed by atoms with Crippen LogP contribution in [0.3, 0.4) is 0 Å². The van der Waals surface area contributed by atoms with Gasteiger partial charge in [0, 0.05) is 25.1 Å². The number of nitrogens with one attached hydrogen (secondary N) is 1. The largest absolute Gasteiger partial charge is 0.485 e. The molecule has 0 spiro atoms. The van der Waals surface area contributed by atoms with E-state index >= 15 is 0 Å². The van der Waals surface area contributed by atoms with Gasteiger partial charge in [-0.15, -0.1) is 0 Å². The first-order valence-corrected chi connectivity index (χ1v) is 12.4. The maximum absolute atomic E-state index is 12.9. The zero-order valence-corrected chi connectivity index (χ0v) is 20.8. The van der Waals surface area contributed by atoms with Crippen LogP contribution in [-0.2, 0) is 9.59 Å². The predicted octanol–water partition coefficient (Wildman–Crippen LogP) is 4.41. The van der Waals surface area contributed by atoms with Gasteiger partial charge in [-0.05, 0) is 79.5 Å². The monoisotopic (exact) mass is 478 g/mol. The van der Waals surface area contributed by atoms with Gasteiger partial charge in [-0.3, -0.25) is 14.4 Å². The molecule has 2 aliphatic rings. The van der Waals surface area contributed by atoms with Gasteiger partial charge in [0.2, 0.25) is 5.91 Å². The lowest BCUT2D eigenvalue weighted by atomic mass is 10.0. The minimum Gasteiger partial charge on any atom is -0.485 e. The lowest BCUT2D eigenvalue weighted by Gasteiger charge is -2.29. The van der Waals surface area contributed by atoms with Gasteiger partial charge in [-0.2, -0.15) is 0 Å². The summed E-state index contributed by atoms with van der Waals surface area (Å²) in [6, 6.07) is 11.1. The molecule has 0 aromatic heterocycles. The van der Waals surface area contributed by atoms with E-state index in [1.165, 1.54) is 12.8 Å². The summed E-state index contributed by atoms with van der Waals surface area (Å²) in [5.74, 6) is 1.86. The highest BCUT2D eigenvalue weighted by Gasteiger charge is 2.27. The topological polar surface area (TPSA) is 84.9 Å². The van der Waals surface area contributed by atoms with E-state index in [1.54, 1.807) is 23.1 Å². The number of hydrogen-bond acceptors (Lipinski definition) is 5. The Hall–Kier alpha value is -3.35. The number of nitrogens with zero attached hydrogens (tertiary/aromatic N) is 1. The summed E-state index contributed by atoms with van der Waals surface area (Å²) in [7, 11) is 0. The molecule has 1 heterocycles. The van der Waals surface area contributed by atoms with Gasteiger partial charge in [0.25, 0.3) is 5.91 Å². The second-order valence-electron chi connectivity index (χ2n) is 9.81. The Kier molecular flexibility index (Phi) is 7.73. The molecule has 0 atom stereocenters. The van der Waals surface area contributed by atoms with Crippen molar-refractivity contribution in [3.05, 3.63) is 53.1 Å². The summed E-state index contributed by atoms with van der Waals surface area (Å²) in [4.78, 5) is 39.1. The molecule has 35 heavy (non-hydrogen) atoms. The van der Waals surface area contributed by atoms with E-state index in [9.17, 15) is 14.4 Å². The van der Waals surface area contributed by atoms with Crippen LogP contribution < -0.4 is 19.7 Å². The van der Waals surface area contributed by atoms with Crippen molar-refractivity contribution in [1.29, 1.82) is 0 Å². The fourth-order valence-electron chi connectivity index (χ4n) is 4.11. The standard InChI is InChI=1S/C28H34N2O5/c1-18(2)22-11-19(3)12-23(13-22)34-16-25(31)21-8-9-26-24(14-21)30(28(33)17-35-26)10-4-5-27(32)29-15-20-6-7-20/h8-9,11-14,18,20H,4-7,10,15-17H2,1-3H3,(H,29,32). The number of rotatable bonds is 11. The number of carbonyl (C=O) groups excluding carboxylic acids is 3. The van der Waals surface area contributed by atoms with Crippen molar-refractivity contribution in [3.63, 3.8) is 0 Å². The highest BCUT2D eigenvalue weighted by Crippen LogP contribution is 2.33. The van der Waals surface area contributed by atoms with Gasteiger partial charge in [0.05, 0.1) is 5.69 Å². The van der Waals surface area contributed by atoms with Crippen molar-refractivity contribution in [2.45, 2.75) is 52.4 Å². The first-order chi connectivity index (χ1) is 16.8. The van der Waals surface area contributed by atoms with E-state index in [0.717, 1.165) is 17.7 Å². The number of carbonyl (C=O) groups is 3. The second-order valence-corrected chi connectivity index (χ2v) is 9.81. The Morgan fingerprint density at radius 2 is 1.97 bits per heavy atom. The zero-order chi connectivity index (χ0) is 24.9. The highest BCUT2D eigenvalue weighted by atomic mass is 16.5. The van der Waals surface area contributed by atoms with E-state index in [2.05, 4.69) is 25.2 Å². The molecule has 7 nitrogen and oxygen atoms in total. The van der Waals surface area contributed by atoms with Gasteiger partial charge in [-0.1, -0.05) is 19.9 Å². The zero-order valence-electron chi connectivity index (χ0n) is 20.8. The number of aryl methyl sites for hydroxylation is 1. The van der Waals surface area contributed by atoms with Crippen molar-refractivity contribution >= 4 is 23.3 Å². The first-order valence-electron chi connectivity index (χ1n) is 12.4. The summed E-state index contributed by atoms with van der Waals surface area (Å²) in [5.41, 5.74) is 3.25. The first kappa shape index (κ1) is 24.8. The van der Waals surface area contributed by atoms with E-state index in [1.807, 2.05) is 19.1 Å². The van der Waals surface area contributed by atoms with E-state index < -0.39 is 0 Å². The van der Waals surface area contributed by atoms with Crippen LogP contribution in [-0.4, -0.2) is 43.9 Å². The molecular weight excluding hydrogens is 444 g/mol. The molecule has 1 aliphatic heterocycles. The molecule has 0 unspecified atom stereocenters. The summed E-state index contributed by atoms with van der Waals surface area (Å²) >= 11 is 0. The molecule has 2 aromatic rings. The number of ketones is 1. The van der Waals surface area contributed by atoms with Crippen molar-refractivity contribution in [1.82, 2.24) is 5.32 Å². The quantitative estimate of drug-likeness (QED) is 0.484. The summed E-state index contributed by atoms with van der Waals surface area (Å²) in [6.07, 6.45) is 3.27. The van der Waals surface area contributed by atoms with Gasteiger partial charge in [0.1, 0.15) is 11.5 Å². The van der Waals surface area contributed by atoms with Crippen LogP contribution in [0.5, 0.6) is 11.5 Å². The van der Waals surface area contributed by atoms with Crippen LogP contribution in [0.1, 0.15) is 66.9 Å². The minimum atomic E-state index is -0.183. The lowest BCUT2D eigenvalue weighted by molar-refractivity contribution is -0.122. The molecule has 186 valence electrons. The van der Waals surface area contributed by atoms with Crippen LogP contribution in [0.2, 0.25) is 0 Å². The Labute approximate surface area is 206 Å². The van der Waals surface area contributed by atoms with Gasteiger partial charge in [-0.25, -0.2) is 0 Å². The number of Topliss-reactive ketones (excluding diaryl/α,β-unsaturated/α-hetero) is 1. The lowest BCUT2D eigenvalue weighted by Crippen LogP contribution is -2.40. The van der Waals surface area contributed by atoms with Crippen LogP contribution in [0.15, 0.2) is 36.4 Å². The Morgan fingerprint density at radius 1 is 1.17 bits per heavy atom.